The fraction of sp³-hybridized carbons (Fsp3) is 0.450. The zero-order valence-corrected chi connectivity index (χ0v) is 15.0. The van der Waals surface area contributed by atoms with Crippen LogP contribution >= 0.6 is 0 Å². The predicted molar refractivity (Wildman–Crippen MR) is 99.2 cm³/mol. The van der Waals surface area contributed by atoms with Gasteiger partial charge in [0.05, 0.1) is 19.9 Å². The van der Waals surface area contributed by atoms with Crippen molar-refractivity contribution in [2.45, 2.75) is 50.4 Å². The first kappa shape index (κ1) is 17.0. The second-order valence-corrected chi connectivity index (χ2v) is 7.13. The summed E-state index contributed by atoms with van der Waals surface area (Å²) in [5.41, 5.74) is 0.765. The molecule has 4 rings (SSSR count). The maximum atomic E-state index is 12.3. The molecular formula is C20H25N3O3. The largest absolute Gasteiger partial charge is 0.497 e. The number of fused-ring (bicyclic) bond motifs is 2. The van der Waals surface area contributed by atoms with Crippen LogP contribution in [0.3, 0.4) is 0 Å². The number of carbonyl (C=O) groups excluding carboxylic acids is 1. The summed E-state index contributed by atoms with van der Waals surface area (Å²) >= 11 is 0. The number of rotatable bonds is 5. The van der Waals surface area contributed by atoms with Gasteiger partial charge in [-0.1, -0.05) is 0 Å². The van der Waals surface area contributed by atoms with Crippen LogP contribution in [0.2, 0.25) is 0 Å². The lowest BCUT2D eigenvalue weighted by Crippen LogP contribution is -2.50. The molecule has 6 nitrogen and oxygen atoms in total. The molecule has 138 valence electrons. The van der Waals surface area contributed by atoms with E-state index in [1.54, 1.807) is 13.4 Å². The zero-order chi connectivity index (χ0) is 17.9. The number of anilines is 1. The number of urea groups is 1. The summed E-state index contributed by atoms with van der Waals surface area (Å²) in [5, 5.41) is 6.05. The molecular weight excluding hydrogens is 330 g/mol. The SMILES string of the molecule is COc1ccc(NC(=O)NC2CC3CCC(C2)N3Cc2ccco2)cc1. The van der Waals surface area contributed by atoms with Gasteiger partial charge in [-0.3, -0.25) is 4.90 Å². The van der Waals surface area contributed by atoms with E-state index in [-0.39, 0.29) is 12.1 Å². The van der Waals surface area contributed by atoms with Crippen molar-refractivity contribution in [2.75, 3.05) is 12.4 Å². The highest BCUT2D eigenvalue weighted by atomic mass is 16.5. The van der Waals surface area contributed by atoms with E-state index in [1.165, 1.54) is 12.8 Å². The quantitative estimate of drug-likeness (QED) is 0.860. The summed E-state index contributed by atoms with van der Waals surface area (Å²) in [6.07, 6.45) is 6.11. The van der Waals surface area contributed by atoms with Gasteiger partial charge in [-0.05, 0) is 62.1 Å². The molecule has 0 spiro atoms. The van der Waals surface area contributed by atoms with Crippen molar-refractivity contribution in [2.24, 2.45) is 0 Å². The first-order valence-corrected chi connectivity index (χ1v) is 9.21. The number of nitrogens with one attached hydrogen (secondary N) is 2. The maximum Gasteiger partial charge on any atom is 0.319 e. The van der Waals surface area contributed by atoms with Crippen molar-refractivity contribution < 1.29 is 13.9 Å². The van der Waals surface area contributed by atoms with Crippen LogP contribution in [0.5, 0.6) is 5.75 Å². The van der Waals surface area contributed by atoms with Crippen molar-refractivity contribution in [3.63, 3.8) is 0 Å². The molecule has 26 heavy (non-hydrogen) atoms. The second-order valence-electron chi connectivity index (χ2n) is 7.13. The van der Waals surface area contributed by atoms with Gasteiger partial charge >= 0.3 is 6.03 Å². The second kappa shape index (κ2) is 7.41. The third-order valence-electron chi connectivity index (χ3n) is 5.49. The van der Waals surface area contributed by atoms with Crippen molar-refractivity contribution in [3.05, 3.63) is 48.4 Å². The Kier molecular flexibility index (Phi) is 4.84. The van der Waals surface area contributed by atoms with E-state index < -0.39 is 0 Å². The minimum atomic E-state index is -0.140. The Morgan fingerprint density at radius 3 is 2.54 bits per heavy atom. The molecule has 2 unspecified atom stereocenters. The molecule has 1 aromatic heterocycles. The van der Waals surface area contributed by atoms with Gasteiger partial charge in [0, 0.05) is 23.8 Å². The van der Waals surface area contributed by atoms with E-state index in [4.69, 9.17) is 9.15 Å². The standard InChI is InChI=1S/C20H25N3O3/c1-25-18-8-4-14(5-9-18)21-20(24)22-15-11-16-6-7-17(12-15)23(16)13-19-3-2-10-26-19/h2-5,8-10,15-17H,6-7,11-13H2,1H3,(H2,21,22,24). The summed E-state index contributed by atoms with van der Waals surface area (Å²) in [6.45, 7) is 0.868. The maximum absolute atomic E-state index is 12.3. The van der Waals surface area contributed by atoms with Gasteiger partial charge in [0.15, 0.2) is 0 Å². The zero-order valence-electron chi connectivity index (χ0n) is 15.0. The Morgan fingerprint density at radius 1 is 1.19 bits per heavy atom. The van der Waals surface area contributed by atoms with Crippen LogP contribution in [0.25, 0.3) is 0 Å². The van der Waals surface area contributed by atoms with E-state index in [2.05, 4.69) is 15.5 Å². The number of hydrogen-bond donors (Lipinski definition) is 2. The van der Waals surface area contributed by atoms with Crippen LogP contribution in [0.15, 0.2) is 47.1 Å². The summed E-state index contributed by atoms with van der Waals surface area (Å²) in [5.74, 6) is 1.79. The fourth-order valence-corrected chi connectivity index (χ4v) is 4.26. The molecule has 2 amide bonds. The van der Waals surface area contributed by atoms with Crippen molar-refractivity contribution in [1.82, 2.24) is 10.2 Å². The Labute approximate surface area is 153 Å². The molecule has 2 aromatic rings. The van der Waals surface area contributed by atoms with Crippen LogP contribution < -0.4 is 15.4 Å². The number of nitrogens with zero attached hydrogens (tertiary/aromatic N) is 1. The number of amides is 2. The third-order valence-corrected chi connectivity index (χ3v) is 5.49. The number of furan rings is 1. The molecule has 1 aromatic carbocycles. The Morgan fingerprint density at radius 2 is 1.92 bits per heavy atom. The van der Waals surface area contributed by atoms with E-state index in [0.717, 1.165) is 36.6 Å². The Bertz CT molecular complexity index is 715. The van der Waals surface area contributed by atoms with E-state index >= 15 is 0 Å². The monoisotopic (exact) mass is 355 g/mol. The van der Waals surface area contributed by atoms with Crippen molar-refractivity contribution in [1.29, 1.82) is 0 Å². The van der Waals surface area contributed by atoms with Gasteiger partial charge in [0.25, 0.3) is 0 Å². The summed E-state index contributed by atoms with van der Waals surface area (Å²) in [4.78, 5) is 14.9. The number of piperidine rings is 1. The highest BCUT2D eigenvalue weighted by Crippen LogP contribution is 2.36. The Hall–Kier alpha value is -2.47. The topological polar surface area (TPSA) is 66.7 Å². The molecule has 2 aliphatic rings. The molecule has 2 bridgehead atoms. The summed E-state index contributed by atoms with van der Waals surface area (Å²) in [7, 11) is 1.63. The van der Waals surface area contributed by atoms with E-state index in [1.807, 2.05) is 36.4 Å². The number of ether oxygens (including phenoxy) is 1. The van der Waals surface area contributed by atoms with Crippen LogP contribution in [0, 0.1) is 0 Å². The lowest BCUT2D eigenvalue weighted by molar-refractivity contribution is 0.104. The molecule has 2 saturated heterocycles. The minimum absolute atomic E-state index is 0.140. The lowest BCUT2D eigenvalue weighted by atomic mass is 9.97. The van der Waals surface area contributed by atoms with Crippen molar-refractivity contribution >= 4 is 11.7 Å². The number of methoxy groups -OCH3 is 1. The average Bonchev–Trinajstić information content (AvgIpc) is 3.22. The molecule has 2 atom stereocenters. The average molecular weight is 355 g/mol. The molecule has 0 saturated carbocycles. The van der Waals surface area contributed by atoms with Crippen LogP contribution in [0.1, 0.15) is 31.4 Å². The van der Waals surface area contributed by atoms with Gasteiger partial charge in [-0.25, -0.2) is 4.79 Å². The molecule has 0 radical (unpaired) electrons. The van der Waals surface area contributed by atoms with Gasteiger partial charge in [-0.15, -0.1) is 0 Å². The molecule has 2 N–H and O–H groups in total. The first-order valence-electron chi connectivity index (χ1n) is 9.21. The molecule has 3 heterocycles. The first-order chi connectivity index (χ1) is 12.7. The minimum Gasteiger partial charge on any atom is -0.497 e. The molecule has 0 aliphatic carbocycles. The van der Waals surface area contributed by atoms with Gasteiger partial charge in [0.1, 0.15) is 11.5 Å². The smallest absolute Gasteiger partial charge is 0.319 e. The van der Waals surface area contributed by atoms with Crippen LogP contribution in [-0.2, 0) is 6.54 Å². The van der Waals surface area contributed by atoms with Gasteiger partial charge < -0.3 is 19.8 Å². The Balaban J connectivity index is 1.30. The number of carbonyl (C=O) groups is 1. The van der Waals surface area contributed by atoms with Gasteiger partial charge in [-0.2, -0.15) is 0 Å². The highest BCUT2D eigenvalue weighted by Gasteiger charge is 2.41. The van der Waals surface area contributed by atoms with Crippen LogP contribution in [0.4, 0.5) is 10.5 Å². The highest BCUT2D eigenvalue weighted by molar-refractivity contribution is 5.89. The van der Waals surface area contributed by atoms with E-state index in [0.29, 0.717) is 12.1 Å². The fourth-order valence-electron chi connectivity index (χ4n) is 4.26. The molecule has 2 aliphatic heterocycles. The summed E-state index contributed by atoms with van der Waals surface area (Å²) < 4.78 is 10.6. The van der Waals surface area contributed by atoms with Gasteiger partial charge in [0.2, 0.25) is 0 Å². The lowest BCUT2D eigenvalue weighted by Gasteiger charge is -2.38. The number of benzene rings is 1. The third kappa shape index (κ3) is 3.70. The normalized spacial score (nSPS) is 25.0. The van der Waals surface area contributed by atoms with Crippen LogP contribution in [-0.4, -0.2) is 36.2 Å². The molecule has 6 heteroatoms. The summed E-state index contributed by atoms with van der Waals surface area (Å²) in [6, 6.07) is 12.4. The van der Waals surface area contributed by atoms with E-state index in [9.17, 15) is 4.79 Å². The van der Waals surface area contributed by atoms with Crippen molar-refractivity contribution in [3.8, 4) is 5.75 Å². The number of hydrogen-bond acceptors (Lipinski definition) is 4. The molecule has 2 fully saturated rings. The predicted octanol–water partition coefficient (Wildman–Crippen LogP) is 3.61.